The Morgan fingerprint density at radius 2 is 1.05 bits per heavy atom. The van der Waals surface area contributed by atoms with Gasteiger partial charge in [0.05, 0.1) is 0 Å². The molecule has 1 fully saturated rings. The van der Waals surface area contributed by atoms with E-state index in [1.54, 1.807) is 0 Å². The average Bonchev–Trinajstić information content (AvgIpc) is 2.65. The maximum atomic E-state index is 13.1. The van der Waals surface area contributed by atoms with Crippen molar-refractivity contribution in [2.75, 3.05) is 0 Å². The van der Waals surface area contributed by atoms with Crippen molar-refractivity contribution in [1.29, 1.82) is 0 Å². The van der Waals surface area contributed by atoms with Crippen molar-refractivity contribution >= 4 is 30.4 Å². The molecule has 0 aromatic carbocycles. The Kier molecular flexibility index (Phi) is 19.0. The molecule has 6 atom stereocenters. The number of pyridine rings is 2. The molecule has 208 valence electrons. The fourth-order valence-electron chi connectivity index (χ4n) is 3.07. The van der Waals surface area contributed by atoms with Crippen LogP contribution in [0.15, 0.2) is 49.1 Å². The second-order valence-electron chi connectivity index (χ2n) is 6.83. The first-order chi connectivity index (χ1) is 14.6. The molecule has 2 aromatic rings. The van der Waals surface area contributed by atoms with Gasteiger partial charge in [0.1, 0.15) is 0 Å². The van der Waals surface area contributed by atoms with E-state index in [2.05, 4.69) is 19.0 Å². The van der Waals surface area contributed by atoms with Crippen molar-refractivity contribution in [2.45, 2.75) is 23.0 Å². The molecule has 1 aliphatic heterocycles. The molecule has 3 heterocycles. The molecule has 1 saturated heterocycles. The quantitative estimate of drug-likeness (QED) is 0.167. The molecule has 3 rings (SSSR count). The monoisotopic (exact) mass is 646 g/mol. The van der Waals surface area contributed by atoms with Crippen LogP contribution in [0.5, 0.6) is 0 Å². The second-order valence-corrected chi connectivity index (χ2v) is 15.0. The van der Waals surface area contributed by atoms with Gasteiger partial charge in [-0.05, 0) is 23.3 Å². The molecule has 0 radical (unpaired) electrons. The van der Waals surface area contributed by atoms with Crippen molar-refractivity contribution < 1.29 is 138 Å². The zero-order valence-electron chi connectivity index (χ0n) is 19.8. The first-order valence-electron chi connectivity index (χ1n) is 8.50. The van der Waals surface area contributed by atoms with Crippen LogP contribution < -0.4 is 68.9 Å². The van der Waals surface area contributed by atoms with Crippen LogP contribution in [0, 0.1) is 0 Å². The summed E-state index contributed by atoms with van der Waals surface area (Å²) in [5.74, 6) is 0. The van der Waals surface area contributed by atoms with E-state index < -0.39 is 53.4 Å². The molecule has 38 heavy (non-hydrogen) atoms. The summed E-state index contributed by atoms with van der Waals surface area (Å²) < 4.78 is 59.9. The minimum atomic E-state index is -6.19. The standard InChI is InChI=1S/C14H18N2O12P4.2Na.4H2O/c17-29(18,19)13(7-11-3-1-5-15-9-11)27-32(25,26)14(30(20,21)22,28-31(13,23)24)8-12-4-2-6-16-10-12;;;;;;/h1-6,9-10H,7-8H2,(H,23,24)(H,25,26)(H2,17,18,19)(H2,20,21,22);;;4*1H2/q;2*+1;;;;/p-2. The summed E-state index contributed by atoms with van der Waals surface area (Å²) in [4.78, 5) is 72.3. The van der Waals surface area contributed by atoms with Crippen LogP contribution in [0.4, 0.5) is 0 Å². The molecule has 0 bridgehead atoms. The number of nitrogens with zero attached hydrogens (tertiary/aromatic N) is 2. The SMILES string of the molecule is O.O.O.O.O=P([O-])(O)C1(Cc2cccnc2)OP(=O)(O)C(Cc2cccnc2)(P(=O)([O-])O)OP1(=O)O.[Na+].[Na+]. The summed E-state index contributed by atoms with van der Waals surface area (Å²) in [6.07, 6.45) is 2.11. The Balaban J connectivity index is -0.000000963. The molecular formula is C14H24N2Na2O16P4. The third-order valence-corrected chi connectivity index (χ3v) is 13.9. The molecule has 0 aliphatic carbocycles. The summed E-state index contributed by atoms with van der Waals surface area (Å²) in [5, 5.41) is -7.55. The molecule has 12 N–H and O–H groups in total. The van der Waals surface area contributed by atoms with Gasteiger partial charge in [0, 0.05) is 37.6 Å². The number of rotatable bonds is 6. The molecule has 6 unspecified atom stereocenters. The summed E-state index contributed by atoms with van der Waals surface area (Å²) in [5.41, 5.74) is -0.297. The number of aromatic nitrogens is 2. The van der Waals surface area contributed by atoms with E-state index >= 15 is 0 Å². The minimum Gasteiger partial charge on any atom is -0.776 e. The van der Waals surface area contributed by atoms with Gasteiger partial charge >= 0.3 is 74.3 Å². The zero-order valence-corrected chi connectivity index (χ0v) is 27.3. The van der Waals surface area contributed by atoms with Crippen LogP contribution >= 0.6 is 30.4 Å². The maximum absolute atomic E-state index is 13.1. The molecule has 1 aliphatic rings. The first kappa shape index (κ1) is 45.7. The van der Waals surface area contributed by atoms with Crippen molar-refractivity contribution in [2.24, 2.45) is 0 Å². The molecule has 0 spiro atoms. The molecule has 2 aromatic heterocycles. The maximum Gasteiger partial charge on any atom is 1.00 e. The Hall–Kier alpha value is 0.740. The fraction of sp³-hybridized carbons (Fsp3) is 0.286. The van der Waals surface area contributed by atoms with Gasteiger partial charge in [-0.3, -0.25) is 28.1 Å². The molecular weight excluding hydrogens is 622 g/mol. The van der Waals surface area contributed by atoms with E-state index in [1.807, 2.05) is 0 Å². The second kappa shape index (κ2) is 15.8. The fourth-order valence-corrected chi connectivity index (χ4v) is 11.6. The van der Waals surface area contributed by atoms with Crippen molar-refractivity contribution in [3.8, 4) is 0 Å². The molecule has 0 amide bonds. The van der Waals surface area contributed by atoms with Crippen LogP contribution in [0.2, 0.25) is 0 Å². The van der Waals surface area contributed by atoms with E-state index in [9.17, 15) is 47.6 Å². The van der Waals surface area contributed by atoms with Crippen molar-refractivity contribution in [1.82, 2.24) is 9.97 Å². The topological polar surface area (TPSA) is 366 Å². The first-order valence-corrected chi connectivity index (χ1v) is 14.8. The van der Waals surface area contributed by atoms with Crippen molar-refractivity contribution in [3.63, 3.8) is 0 Å². The van der Waals surface area contributed by atoms with Crippen LogP contribution in [-0.4, -0.2) is 61.6 Å². The van der Waals surface area contributed by atoms with E-state index in [1.165, 1.54) is 36.7 Å². The Labute approximate surface area is 259 Å². The Morgan fingerprint density at radius 1 is 0.763 bits per heavy atom. The molecule has 24 heteroatoms. The van der Waals surface area contributed by atoms with Crippen LogP contribution in [0.3, 0.4) is 0 Å². The van der Waals surface area contributed by atoms with Gasteiger partial charge in [0.2, 0.25) is 10.2 Å². The Bertz CT molecular complexity index is 1110. The smallest absolute Gasteiger partial charge is 0.776 e. The third kappa shape index (κ3) is 8.40. The minimum absolute atomic E-state index is 0. The van der Waals surface area contributed by atoms with E-state index in [0.717, 1.165) is 12.4 Å². The van der Waals surface area contributed by atoms with Crippen molar-refractivity contribution in [3.05, 3.63) is 60.2 Å². The number of hydrogen-bond acceptors (Lipinski definition) is 10. The summed E-state index contributed by atoms with van der Waals surface area (Å²) in [6.45, 7) is 0. The van der Waals surface area contributed by atoms with Gasteiger partial charge in [0.25, 0.3) is 0 Å². The van der Waals surface area contributed by atoms with Crippen LogP contribution in [-0.2, 0) is 40.1 Å². The Morgan fingerprint density at radius 3 is 1.26 bits per heavy atom. The predicted octanol–water partition coefficient (Wildman–Crippen LogP) is -9.21. The van der Waals surface area contributed by atoms with Gasteiger partial charge in [0.15, 0.2) is 15.2 Å². The van der Waals surface area contributed by atoms with Gasteiger partial charge in [-0.15, -0.1) is 0 Å². The molecule has 18 nitrogen and oxygen atoms in total. The zero-order chi connectivity index (χ0) is 24.1. The van der Waals surface area contributed by atoms with Gasteiger partial charge in [-0.1, -0.05) is 12.1 Å². The average molecular weight is 646 g/mol. The van der Waals surface area contributed by atoms with E-state index in [0.29, 0.717) is 0 Å². The van der Waals surface area contributed by atoms with Crippen LogP contribution in [0.25, 0.3) is 0 Å². The predicted molar refractivity (Wildman–Crippen MR) is 117 cm³/mol. The van der Waals surface area contributed by atoms with Crippen LogP contribution in [0.1, 0.15) is 11.1 Å². The third-order valence-electron chi connectivity index (χ3n) is 4.62. The summed E-state index contributed by atoms with van der Waals surface area (Å²) in [6, 6.07) is 4.95. The summed E-state index contributed by atoms with van der Waals surface area (Å²) in [7, 11) is -24.4. The normalized spacial score (nSPS) is 30.9. The van der Waals surface area contributed by atoms with E-state index in [-0.39, 0.29) is 92.1 Å². The van der Waals surface area contributed by atoms with Gasteiger partial charge in [-0.2, -0.15) is 0 Å². The summed E-state index contributed by atoms with van der Waals surface area (Å²) >= 11 is 0. The molecule has 0 saturated carbocycles. The van der Waals surface area contributed by atoms with E-state index in [4.69, 9.17) is 0 Å². The van der Waals surface area contributed by atoms with Gasteiger partial charge < -0.3 is 60.4 Å². The van der Waals surface area contributed by atoms with Gasteiger partial charge in [-0.25, -0.2) is 0 Å². The number of hydrogen-bond donors (Lipinski definition) is 4. The largest absolute Gasteiger partial charge is 1.00 e.